The number of imidazole rings is 1. The molecule has 2 unspecified atom stereocenters. The highest BCUT2D eigenvalue weighted by Crippen LogP contribution is 2.29. The molecule has 0 saturated heterocycles. The van der Waals surface area contributed by atoms with Crippen LogP contribution in [0.3, 0.4) is 0 Å². The molecule has 1 aliphatic carbocycles. The zero-order valence-electron chi connectivity index (χ0n) is 10.9. The molecule has 3 heteroatoms. The van der Waals surface area contributed by atoms with Gasteiger partial charge in [0.15, 0.2) is 0 Å². The summed E-state index contributed by atoms with van der Waals surface area (Å²) in [6.45, 7) is 5.23. The zero-order chi connectivity index (χ0) is 12.5. The molecular formula is C15H19N3. The van der Waals surface area contributed by atoms with Crippen molar-refractivity contribution < 1.29 is 0 Å². The minimum Gasteiger partial charge on any atom is -0.308 e. The highest BCUT2D eigenvalue weighted by Gasteiger charge is 2.31. The minimum absolute atomic E-state index is 0.699. The summed E-state index contributed by atoms with van der Waals surface area (Å²) in [6.07, 6.45) is 3.28. The summed E-state index contributed by atoms with van der Waals surface area (Å²) < 4.78 is 2.22. The molecule has 1 N–H and O–H groups in total. The molecule has 1 saturated carbocycles. The molecule has 2 atom stereocenters. The van der Waals surface area contributed by atoms with E-state index in [-0.39, 0.29) is 0 Å². The number of nitrogens with one attached hydrogen (secondary N) is 1. The Morgan fingerprint density at radius 2 is 2.06 bits per heavy atom. The molecule has 1 aromatic heterocycles. The molecule has 0 aliphatic heterocycles. The quantitative estimate of drug-likeness (QED) is 0.892. The summed E-state index contributed by atoms with van der Waals surface area (Å²) in [5, 5.41) is 3.59. The molecule has 3 nitrogen and oxygen atoms in total. The van der Waals surface area contributed by atoms with Crippen molar-refractivity contribution >= 4 is 0 Å². The highest BCUT2D eigenvalue weighted by molar-refractivity contribution is 5.35. The molecule has 1 aliphatic rings. The van der Waals surface area contributed by atoms with Crippen molar-refractivity contribution in [1.82, 2.24) is 14.9 Å². The molecule has 1 heterocycles. The summed E-state index contributed by atoms with van der Waals surface area (Å²) in [4.78, 5) is 4.43. The molecule has 3 rings (SSSR count). The summed E-state index contributed by atoms with van der Waals surface area (Å²) in [5.74, 6) is 1.88. The molecule has 2 aromatic rings. The monoisotopic (exact) mass is 241 g/mol. The van der Waals surface area contributed by atoms with Crippen LogP contribution in [0.1, 0.15) is 24.9 Å². The Bertz CT molecular complexity index is 530. The molecular weight excluding hydrogens is 222 g/mol. The first kappa shape index (κ1) is 11.5. The van der Waals surface area contributed by atoms with Crippen LogP contribution in [0, 0.1) is 12.8 Å². The second kappa shape index (κ2) is 4.58. The number of nitrogens with zero attached hydrogens (tertiary/aromatic N) is 2. The van der Waals surface area contributed by atoms with Crippen molar-refractivity contribution in [2.24, 2.45) is 5.92 Å². The van der Waals surface area contributed by atoms with Gasteiger partial charge in [-0.05, 0) is 31.4 Å². The van der Waals surface area contributed by atoms with Gasteiger partial charge in [-0.1, -0.05) is 25.1 Å². The van der Waals surface area contributed by atoms with E-state index < -0.39 is 0 Å². The minimum atomic E-state index is 0.699. The average Bonchev–Trinajstić information content (AvgIpc) is 2.96. The van der Waals surface area contributed by atoms with Gasteiger partial charge in [-0.3, -0.25) is 4.57 Å². The van der Waals surface area contributed by atoms with Gasteiger partial charge in [-0.25, -0.2) is 4.98 Å². The number of aromatic nitrogens is 2. The van der Waals surface area contributed by atoms with Crippen molar-refractivity contribution in [2.45, 2.75) is 32.9 Å². The van der Waals surface area contributed by atoms with Crippen molar-refractivity contribution in [3.8, 4) is 5.69 Å². The third kappa shape index (κ3) is 2.18. The fourth-order valence-electron chi connectivity index (χ4n) is 2.39. The van der Waals surface area contributed by atoms with E-state index in [4.69, 9.17) is 0 Å². The Morgan fingerprint density at radius 1 is 1.33 bits per heavy atom. The van der Waals surface area contributed by atoms with E-state index in [2.05, 4.69) is 53.0 Å². The smallest absolute Gasteiger partial charge is 0.110 e. The summed E-state index contributed by atoms with van der Waals surface area (Å²) in [5.41, 5.74) is 2.42. The predicted molar refractivity (Wildman–Crippen MR) is 72.7 cm³/mol. The zero-order valence-corrected chi connectivity index (χ0v) is 10.9. The van der Waals surface area contributed by atoms with Crippen molar-refractivity contribution in [2.75, 3.05) is 0 Å². The lowest BCUT2D eigenvalue weighted by molar-refractivity contribution is 0.633. The van der Waals surface area contributed by atoms with E-state index in [0.717, 1.165) is 18.3 Å². The Hall–Kier alpha value is -1.61. The van der Waals surface area contributed by atoms with E-state index >= 15 is 0 Å². The third-order valence-corrected chi connectivity index (χ3v) is 3.68. The Morgan fingerprint density at radius 3 is 2.72 bits per heavy atom. The largest absolute Gasteiger partial charge is 0.308 e. The maximum absolute atomic E-state index is 4.43. The van der Waals surface area contributed by atoms with Gasteiger partial charge < -0.3 is 5.32 Å². The Kier molecular flexibility index (Phi) is 2.92. The van der Waals surface area contributed by atoms with Crippen LogP contribution in [-0.2, 0) is 6.54 Å². The summed E-state index contributed by atoms with van der Waals surface area (Å²) in [6, 6.07) is 11.1. The maximum atomic E-state index is 4.43. The van der Waals surface area contributed by atoms with E-state index in [1.54, 1.807) is 0 Å². The lowest BCUT2D eigenvalue weighted by atomic mass is 10.3. The van der Waals surface area contributed by atoms with E-state index in [1.165, 1.54) is 17.8 Å². The van der Waals surface area contributed by atoms with Gasteiger partial charge in [-0.2, -0.15) is 0 Å². The predicted octanol–water partition coefficient (Wildman–Crippen LogP) is 2.68. The van der Waals surface area contributed by atoms with E-state index in [1.807, 2.05) is 12.3 Å². The molecule has 18 heavy (non-hydrogen) atoms. The van der Waals surface area contributed by atoms with Crippen LogP contribution in [0.4, 0.5) is 0 Å². The van der Waals surface area contributed by atoms with Crippen molar-refractivity contribution in [3.63, 3.8) is 0 Å². The Labute approximate surface area is 108 Å². The second-order valence-electron chi connectivity index (χ2n) is 5.17. The standard InChI is InChI=1S/C15H19N3/c1-11-8-15(11)17-10-14-9-16-12(2)18(14)13-6-4-3-5-7-13/h3-7,9,11,15,17H,8,10H2,1-2H3. The number of hydrogen-bond acceptors (Lipinski definition) is 2. The van der Waals surface area contributed by atoms with Crippen molar-refractivity contribution in [1.29, 1.82) is 0 Å². The van der Waals surface area contributed by atoms with Gasteiger partial charge in [0.25, 0.3) is 0 Å². The lowest BCUT2D eigenvalue weighted by Gasteiger charge is -2.11. The number of hydrogen-bond donors (Lipinski definition) is 1. The summed E-state index contributed by atoms with van der Waals surface area (Å²) in [7, 11) is 0. The molecule has 0 spiro atoms. The van der Waals surface area contributed by atoms with E-state index in [9.17, 15) is 0 Å². The van der Waals surface area contributed by atoms with E-state index in [0.29, 0.717) is 6.04 Å². The fourth-order valence-corrected chi connectivity index (χ4v) is 2.39. The van der Waals surface area contributed by atoms with Gasteiger partial charge >= 0.3 is 0 Å². The first-order valence-corrected chi connectivity index (χ1v) is 6.57. The van der Waals surface area contributed by atoms with Crippen molar-refractivity contribution in [3.05, 3.63) is 48.0 Å². The third-order valence-electron chi connectivity index (χ3n) is 3.68. The van der Waals surface area contributed by atoms with Gasteiger partial charge in [0.05, 0.1) is 11.9 Å². The van der Waals surface area contributed by atoms with Crippen LogP contribution in [0.5, 0.6) is 0 Å². The molecule has 1 aromatic carbocycles. The first-order valence-electron chi connectivity index (χ1n) is 6.57. The first-order chi connectivity index (χ1) is 8.75. The van der Waals surface area contributed by atoms with Crippen LogP contribution in [0.2, 0.25) is 0 Å². The van der Waals surface area contributed by atoms with Crippen LogP contribution in [-0.4, -0.2) is 15.6 Å². The maximum Gasteiger partial charge on any atom is 0.110 e. The number of rotatable bonds is 4. The lowest BCUT2D eigenvalue weighted by Crippen LogP contribution is -2.19. The molecule has 94 valence electrons. The van der Waals surface area contributed by atoms with Gasteiger partial charge in [-0.15, -0.1) is 0 Å². The summed E-state index contributed by atoms with van der Waals surface area (Å²) >= 11 is 0. The number of aryl methyl sites for hydroxylation is 1. The topological polar surface area (TPSA) is 29.9 Å². The molecule has 0 radical (unpaired) electrons. The second-order valence-corrected chi connectivity index (χ2v) is 5.17. The fraction of sp³-hybridized carbons (Fsp3) is 0.400. The van der Waals surface area contributed by atoms with Gasteiger partial charge in [0.1, 0.15) is 5.82 Å². The van der Waals surface area contributed by atoms with Crippen LogP contribution >= 0.6 is 0 Å². The average molecular weight is 241 g/mol. The molecule has 1 fully saturated rings. The van der Waals surface area contributed by atoms with Crippen LogP contribution < -0.4 is 5.32 Å². The normalized spacial score (nSPS) is 22.1. The highest BCUT2D eigenvalue weighted by atomic mass is 15.1. The SMILES string of the molecule is Cc1ncc(CNC2CC2C)n1-c1ccccc1. The van der Waals surface area contributed by atoms with Crippen LogP contribution in [0.25, 0.3) is 5.69 Å². The van der Waals surface area contributed by atoms with Crippen LogP contribution in [0.15, 0.2) is 36.5 Å². The molecule has 0 bridgehead atoms. The number of para-hydroxylation sites is 1. The van der Waals surface area contributed by atoms with Gasteiger partial charge in [0.2, 0.25) is 0 Å². The Balaban J connectivity index is 1.82. The molecule has 0 amide bonds. The number of benzene rings is 1. The van der Waals surface area contributed by atoms with Gasteiger partial charge in [0, 0.05) is 18.3 Å².